The summed E-state index contributed by atoms with van der Waals surface area (Å²) in [6.07, 6.45) is 3.45. The molecule has 0 saturated carbocycles. The van der Waals surface area contributed by atoms with E-state index in [1.54, 1.807) is 6.07 Å². The highest BCUT2D eigenvalue weighted by Gasteiger charge is 2.37. The molecule has 3 aliphatic heterocycles. The fourth-order valence-electron chi connectivity index (χ4n) is 5.63. The quantitative estimate of drug-likeness (QED) is 0.278. The second kappa shape index (κ2) is 10.4. The Balaban J connectivity index is 1.40. The van der Waals surface area contributed by atoms with Crippen LogP contribution in [0.4, 0.5) is 17.1 Å². The molecule has 3 aromatic rings. The van der Waals surface area contributed by atoms with E-state index in [-0.39, 0.29) is 17.5 Å². The first-order valence-electron chi connectivity index (χ1n) is 13.3. The highest BCUT2D eigenvalue weighted by molar-refractivity contribution is 6.24. The van der Waals surface area contributed by atoms with Crippen molar-refractivity contribution in [1.29, 1.82) is 0 Å². The molecule has 2 N–H and O–H groups in total. The molecule has 0 spiro atoms. The van der Waals surface area contributed by atoms with Gasteiger partial charge in [0.1, 0.15) is 5.92 Å². The van der Waals surface area contributed by atoms with Gasteiger partial charge in [0.15, 0.2) is 0 Å². The van der Waals surface area contributed by atoms with E-state index in [1.807, 2.05) is 35.2 Å². The molecule has 0 radical (unpaired) electrons. The van der Waals surface area contributed by atoms with Crippen molar-refractivity contribution < 1.29 is 14.5 Å². The molecule has 0 bridgehead atoms. The number of nitrogens with zero attached hydrogens (tertiary/aromatic N) is 3. The summed E-state index contributed by atoms with van der Waals surface area (Å²) in [6, 6.07) is 18.3. The van der Waals surface area contributed by atoms with E-state index in [0.29, 0.717) is 29.9 Å². The van der Waals surface area contributed by atoms with Crippen molar-refractivity contribution in [3.63, 3.8) is 0 Å². The van der Waals surface area contributed by atoms with Crippen molar-refractivity contribution in [3.8, 4) is 0 Å². The summed E-state index contributed by atoms with van der Waals surface area (Å²) in [5.41, 5.74) is 6.50. The Kier molecular flexibility index (Phi) is 6.66. The third-order valence-corrected chi connectivity index (χ3v) is 7.72. The Bertz CT molecular complexity index is 1500. The monoisotopic (exact) mass is 523 g/mol. The summed E-state index contributed by atoms with van der Waals surface area (Å²) < 4.78 is 0. The number of hydrogen-bond acceptors (Lipinski definition) is 6. The van der Waals surface area contributed by atoms with Crippen LogP contribution in [0.3, 0.4) is 0 Å². The number of fused-ring (bicyclic) bond motifs is 2. The average molecular weight is 524 g/mol. The number of piperidine rings is 1. The molecule has 0 aliphatic carbocycles. The normalized spacial score (nSPS) is 18.9. The van der Waals surface area contributed by atoms with Crippen LogP contribution in [-0.2, 0) is 29.1 Å². The number of carbonyl (C=O) groups is 2. The number of anilines is 1. The highest BCUT2D eigenvalue weighted by atomic mass is 16.6. The number of aliphatic imine (C=N–C) groups is 1. The van der Waals surface area contributed by atoms with Gasteiger partial charge in [-0.1, -0.05) is 30.3 Å². The van der Waals surface area contributed by atoms with Gasteiger partial charge in [-0.25, -0.2) is 0 Å². The number of non-ortho nitro benzene ring substituents is 1. The number of nitro groups is 1. The standard InChI is InChI=1S/C30H29N5O4/c36-27-3-1-2-14-34(27)18-19-4-6-20(7-5-19)29(32-23-9-8-22-17-31-13-12-21(22)15-23)28-25-16-24(35(38)39)10-11-26(25)33-30(28)37/h4-11,15-16,28,31H,1-3,12-14,17-18H2,(H,33,37). The van der Waals surface area contributed by atoms with Crippen LogP contribution >= 0.6 is 0 Å². The van der Waals surface area contributed by atoms with Gasteiger partial charge in [0.05, 0.1) is 16.3 Å². The Morgan fingerprint density at radius 1 is 1.00 bits per heavy atom. The van der Waals surface area contributed by atoms with Gasteiger partial charge in [-0.3, -0.25) is 24.7 Å². The van der Waals surface area contributed by atoms with Crippen molar-refractivity contribution in [1.82, 2.24) is 10.2 Å². The van der Waals surface area contributed by atoms with E-state index in [0.717, 1.165) is 55.7 Å². The van der Waals surface area contributed by atoms with Gasteiger partial charge in [0, 0.05) is 49.4 Å². The molecular formula is C30H29N5O4. The SMILES string of the molecule is O=C1Nc2ccc([N+](=O)[O-])cc2C1C(=Nc1ccc2c(c1)CCNC2)c1ccc(CN2CCCCC2=O)cc1. The van der Waals surface area contributed by atoms with E-state index < -0.39 is 10.8 Å². The van der Waals surface area contributed by atoms with Crippen molar-refractivity contribution in [2.24, 2.45) is 4.99 Å². The summed E-state index contributed by atoms with van der Waals surface area (Å²) in [4.78, 5) is 43.5. The highest BCUT2D eigenvalue weighted by Crippen LogP contribution is 2.38. The average Bonchev–Trinajstić information content (AvgIpc) is 3.28. The second-order valence-electron chi connectivity index (χ2n) is 10.3. The van der Waals surface area contributed by atoms with Crippen LogP contribution in [-0.4, -0.2) is 40.4 Å². The third-order valence-electron chi connectivity index (χ3n) is 7.72. The van der Waals surface area contributed by atoms with E-state index in [2.05, 4.69) is 22.8 Å². The zero-order valence-corrected chi connectivity index (χ0v) is 21.5. The summed E-state index contributed by atoms with van der Waals surface area (Å²) in [5.74, 6) is -0.891. The van der Waals surface area contributed by atoms with Crippen LogP contribution < -0.4 is 10.6 Å². The van der Waals surface area contributed by atoms with Crippen LogP contribution in [0.15, 0.2) is 65.7 Å². The molecule has 3 aromatic carbocycles. The summed E-state index contributed by atoms with van der Waals surface area (Å²) in [5, 5.41) is 17.8. The molecule has 1 unspecified atom stereocenters. The van der Waals surface area contributed by atoms with E-state index in [4.69, 9.17) is 4.99 Å². The lowest BCUT2D eigenvalue weighted by Gasteiger charge is -2.26. The van der Waals surface area contributed by atoms with E-state index in [9.17, 15) is 19.7 Å². The lowest BCUT2D eigenvalue weighted by atomic mass is 9.90. The first kappa shape index (κ1) is 24.9. The number of rotatable bonds is 6. The maximum atomic E-state index is 13.3. The Labute approximate surface area is 226 Å². The molecule has 0 aromatic heterocycles. The van der Waals surface area contributed by atoms with Gasteiger partial charge in [-0.05, 0) is 66.3 Å². The minimum atomic E-state index is -0.799. The molecule has 3 heterocycles. The second-order valence-corrected chi connectivity index (χ2v) is 10.3. The van der Waals surface area contributed by atoms with E-state index >= 15 is 0 Å². The lowest BCUT2D eigenvalue weighted by molar-refractivity contribution is -0.384. The van der Waals surface area contributed by atoms with Crippen LogP contribution in [0.5, 0.6) is 0 Å². The van der Waals surface area contributed by atoms with Crippen LogP contribution in [0, 0.1) is 10.1 Å². The van der Waals surface area contributed by atoms with Gasteiger partial charge >= 0.3 is 0 Å². The van der Waals surface area contributed by atoms with Crippen LogP contribution in [0.1, 0.15) is 53.0 Å². The number of likely N-dealkylation sites (tertiary alicyclic amines) is 1. The number of benzene rings is 3. The zero-order chi connectivity index (χ0) is 26.9. The van der Waals surface area contributed by atoms with Gasteiger partial charge in [-0.2, -0.15) is 0 Å². The molecule has 2 amide bonds. The minimum Gasteiger partial charge on any atom is -0.338 e. The smallest absolute Gasteiger partial charge is 0.269 e. The molecule has 1 saturated heterocycles. The molecule has 9 heteroatoms. The van der Waals surface area contributed by atoms with Crippen LogP contribution in [0.2, 0.25) is 0 Å². The number of carbonyl (C=O) groups excluding carboxylic acids is 2. The van der Waals surface area contributed by atoms with Crippen molar-refractivity contribution >= 4 is 34.6 Å². The molecule has 9 nitrogen and oxygen atoms in total. The predicted molar refractivity (Wildman–Crippen MR) is 148 cm³/mol. The van der Waals surface area contributed by atoms with Crippen LogP contribution in [0.25, 0.3) is 0 Å². The first-order chi connectivity index (χ1) is 19.0. The molecular weight excluding hydrogens is 494 g/mol. The van der Waals surface area contributed by atoms with Crippen molar-refractivity contribution in [2.45, 2.75) is 44.7 Å². The number of nitro benzene ring substituents is 1. The Hall–Kier alpha value is -4.37. The molecule has 198 valence electrons. The number of nitrogens with one attached hydrogen (secondary N) is 2. The summed E-state index contributed by atoms with van der Waals surface area (Å²) in [6.45, 7) is 3.02. The molecule has 1 atom stereocenters. The minimum absolute atomic E-state index is 0.0718. The fraction of sp³-hybridized carbons (Fsp3) is 0.300. The van der Waals surface area contributed by atoms with Gasteiger partial charge in [-0.15, -0.1) is 0 Å². The predicted octanol–water partition coefficient (Wildman–Crippen LogP) is 4.61. The number of hydrogen-bond donors (Lipinski definition) is 2. The van der Waals surface area contributed by atoms with Crippen molar-refractivity contribution in [2.75, 3.05) is 18.4 Å². The summed E-state index contributed by atoms with van der Waals surface area (Å²) in [7, 11) is 0. The topological polar surface area (TPSA) is 117 Å². The van der Waals surface area contributed by atoms with Gasteiger partial charge < -0.3 is 15.5 Å². The maximum absolute atomic E-state index is 13.3. The lowest BCUT2D eigenvalue weighted by Crippen LogP contribution is -2.34. The Morgan fingerprint density at radius 3 is 2.64 bits per heavy atom. The maximum Gasteiger partial charge on any atom is 0.269 e. The number of amides is 2. The fourth-order valence-corrected chi connectivity index (χ4v) is 5.63. The third kappa shape index (κ3) is 5.05. The summed E-state index contributed by atoms with van der Waals surface area (Å²) >= 11 is 0. The molecule has 1 fully saturated rings. The van der Waals surface area contributed by atoms with E-state index in [1.165, 1.54) is 23.3 Å². The Morgan fingerprint density at radius 2 is 1.85 bits per heavy atom. The van der Waals surface area contributed by atoms with Gasteiger partial charge in [0.2, 0.25) is 11.8 Å². The molecule has 39 heavy (non-hydrogen) atoms. The largest absolute Gasteiger partial charge is 0.338 e. The molecule has 3 aliphatic rings. The first-order valence-corrected chi connectivity index (χ1v) is 13.3. The van der Waals surface area contributed by atoms with Crippen molar-refractivity contribution in [3.05, 3.63) is 98.6 Å². The van der Waals surface area contributed by atoms with Gasteiger partial charge in [0.25, 0.3) is 5.69 Å². The zero-order valence-electron chi connectivity index (χ0n) is 21.5. The molecule has 6 rings (SSSR count).